The molecule has 98 valence electrons. The molecule has 0 unspecified atom stereocenters. The summed E-state index contributed by atoms with van der Waals surface area (Å²) in [6, 6.07) is 6.58. The fourth-order valence-electron chi connectivity index (χ4n) is 2.17. The maximum atomic E-state index is 11.6. The number of hydrogen-bond donors (Lipinski definition) is 1. The summed E-state index contributed by atoms with van der Waals surface area (Å²) in [7, 11) is 0. The summed E-state index contributed by atoms with van der Waals surface area (Å²) in [4.78, 5) is 13.0. The molecule has 0 radical (unpaired) electrons. The third kappa shape index (κ3) is 3.77. The van der Waals surface area contributed by atoms with Gasteiger partial charge in [0, 0.05) is 17.9 Å². The zero-order valence-electron chi connectivity index (χ0n) is 11.2. The van der Waals surface area contributed by atoms with Gasteiger partial charge in [0.2, 0.25) is 5.91 Å². The summed E-state index contributed by atoms with van der Waals surface area (Å²) < 4.78 is 0. The number of fused-ring (bicyclic) bond motifs is 1. The van der Waals surface area contributed by atoms with Gasteiger partial charge in [-0.05, 0) is 41.7 Å². The van der Waals surface area contributed by atoms with Gasteiger partial charge < -0.3 is 5.32 Å². The number of aryl methyl sites for hydroxylation is 1. The normalized spacial score (nSPS) is 14.4. The average molecular weight is 263 g/mol. The smallest absolute Gasteiger partial charge is 0.220 e. The number of thioether (sulfide) groups is 1. The molecule has 1 heterocycles. The predicted octanol–water partition coefficient (Wildman–Crippen LogP) is 3.39. The molecule has 0 aliphatic carbocycles. The van der Waals surface area contributed by atoms with Gasteiger partial charge in [-0.15, -0.1) is 11.8 Å². The van der Waals surface area contributed by atoms with Gasteiger partial charge in [-0.3, -0.25) is 4.79 Å². The molecular weight excluding hydrogens is 242 g/mol. The molecule has 1 aliphatic heterocycles. The van der Waals surface area contributed by atoms with Crippen molar-refractivity contribution in [3.8, 4) is 0 Å². The molecule has 0 fully saturated rings. The number of carbonyl (C=O) groups is 1. The first-order valence-electron chi connectivity index (χ1n) is 6.66. The molecule has 1 N–H and O–H groups in total. The predicted molar refractivity (Wildman–Crippen MR) is 76.8 cm³/mol. The van der Waals surface area contributed by atoms with E-state index in [2.05, 4.69) is 37.4 Å². The van der Waals surface area contributed by atoms with Gasteiger partial charge in [0.25, 0.3) is 0 Å². The van der Waals surface area contributed by atoms with Crippen LogP contribution in [0.2, 0.25) is 0 Å². The molecule has 2 nitrogen and oxygen atoms in total. The topological polar surface area (TPSA) is 29.1 Å². The third-order valence-corrected chi connectivity index (χ3v) is 4.26. The summed E-state index contributed by atoms with van der Waals surface area (Å²) in [5.41, 5.74) is 2.66. The lowest BCUT2D eigenvalue weighted by molar-refractivity contribution is -0.121. The maximum absolute atomic E-state index is 11.6. The van der Waals surface area contributed by atoms with Gasteiger partial charge >= 0.3 is 0 Å². The van der Waals surface area contributed by atoms with E-state index in [0.29, 0.717) is 18.9 Å². The molecule has 0 spiro atoms. The first-order valence-corrected chi connectivity index (χ1v) is 7.65. The largest absolute Gasteiger partial charge is 0.352 e. The van der Waals surface area contributed by atoms with Crippen LogP contribution in [0, 0.1) is 5.92 Å². The van der Waals surface area contributed by atoms with Crippen molar-refractivity contribution in [1.29, 1.82) is 0 Å². The molecule has 1 aliphatic rings. The van der Waals surface area contributed by atoms with E-state index in [0.717, 1.165) is 0 Å². The lowest BCUT2D eigenvalue weighted by Gasteiger charge is -2.16. The van der Waals surface area contributed by atoms with E-state index in [9.17, 15) is 4.79 Å². The molecule has 1 aromatic carbocycles. The zero-order valence-corrected chi connectivity index (χ0v) is 12.0. The first-order chi connectivity index (χ1) is 8.65. The zero-order chi connectivity index (χ0) is 13.0. The van der Waals surface area contributed by atoms with E-state index in [1.165, 1.54) is 34.6 Å². The number of amides is 1. The van der Waals surface area contributed by atoms with E-state index >= 15 is 0 Å². The van der Waals surface area contributed by atoms with Crippen LogP contribution < -0.4 is 5.32 Å². The lowest BCUT2D eigenvalue weighted by atomic mass is 10.1. The van der Waals surface area contributed by atoms with Crippen molar-refractivity contribution in [2.45, 2.75) is 44.6 Å². The van der Waals surface area contributed by atoms with Gasteiger partial charge in [-0.2, -0.15) is 0 Å². The van der Waals surface area contributed by atoms with Gasteiger partial charge in [-0.25, -0.2) is 0 Å². The van der Waals surface area contributed by atoms with Crippen LogP contribution >= 0.6 is 11.8 Å². The summed E-state index contributed by atoms with van der Waals surface area (Å²) in [6.07, 6.45) is 3.05. The summed E-state index contributed by atoms with van der Waals surface area (Å²) >= 11 is 1.94. The van der Waals surface area contributed by atoms with Crippen LogP contribution in [0.5, 0.6) is 0 Å². The van der Waals surface area contributed by atoms with Gasteiger partial charge in [-0.1, -0.05) is 26.0 Å². The standard InChI is InChI=1S/C15H21NOS/c1-11(2)8-15(17)16-10-12-5-6-14-13(9-12)4-3-7-18-14/h5-6,9,11H,3-4,7-8,10H2,1-2H3,(H,16,17). The van der Waals surface area contributed by atoms with Crippen molar-refractivity contribution in [2.75, 3.05) is 5.75 Å². The highest BCUT2D eigenvalue weighted by molar-refractivity contribution is 7.99. The minimum Gasteiger partial charge on any atom is -0.352 e. The van der Waals surface area contributed by atoms with E-state index in [1.807, 2.05) is 11.8 Å². The summed E-state index contributed by atoms with van der Waals surface area (Å²) in [5.74, 6) is 1.80. The van der Waals surface area contributed by atoms with Crippen molar-refractivity contribution in [1.82, 2.24) is 5.32 Å². The van der Waals surface area contributed by atoms with Gasteiger partial charge in [0.15, 0.2) is 0 Å². The Morgan fingerprint density at radius 1 is 1.44 bits per heavy atom. The van der Waals surface area contributed by atoms with Crippen LogP contribution in [0.25, 0.3) is 0 Å². The van der Waals surface area contributed by atoms with Crippen molar-refractivity contribution in [3.63, 3.8) is 0 Å². The SMILES string of the molecule is CC(C)CC(=O)NCc1ccc2c(c1)CCCS2. The minimum absolute atomic E-state index is 0.150. The van der Waals surface area contributed by atoms with E-state index in [1.54, 1.807) is 0 Å². The Bertz CT molecular complexity index is 429. The quantitative estimate of drug-likeness (QED) is 0.902. The van der Waals surface area contributed by atoms with E-state index < -0.39 is 0 Å². The number of nitrogens with one attached hydrogen (secondary N) is 1. The molecule has 1 aromatic rings. The molecule has 0 saturated carbocycles. The van der Waals surface area contributed by atoms with Crippen LogP contribution in [-0.2, 0) is 17.8 Å². The number of hydrogen-bond acceptors (Lipinski definition) is 2. The van der Waals surface area contributed by atoms with Crippen molar-refractivity contribution in [3.05, 3.63) is 29.3 Å². The van der Waals surface area contributed by atoms with Crippen LogP contribution in [-0.4, -0.2) is 11.7 Å². The van der Waals surface area contributed by atoms with Crippen LogP contribution in [0.4, 0.5) is 0 Å². The fraction of sp³-hybridized carbons (Fsp3) is 0.533. The monoisotopic (exact) mass is 263 g/mol. The summed E-state index contributed by atoms with van der Waals surface area (Å²) in [5, 5.41) is 2.99. The van der Waals surface area contributed by atoms with Gasteiger partial charge in [0.1, 0.15) is 0 Å². The highest BCUT2D eigenvalue weighted by Crippen LogP contribution is 2.30. The van der Waals surface area contributed by atoms with Crippen LogP contribution in [0.15, 0.2) is 23.1 Å². The van der Waals surface area contributed by atoms with E-state index in [4.69, 9.17) is 0 Å². The van der Waals surface area contributed by atoms with E-state index in [-0.39, 0.29) is 5.91 Å². The number of benzene rings is 1. The Hall–Kier alpha value is -0.960. The Morgan fingerprint density at radius 3 is 3.06 bits per heavy atom. The second-order valence-electron chi connectivity index (χ2n) is 5.27. The maximum Gasteiger partial charge on any atom is 0.220 e. The molecule has 0 aromatic heterocycles. The summed E-state index contributed by atoms with van der Waals surface area (Å²) in [6.45, 7) is 4.79. The minimum atomic E-state index is 0.150. The van der Waals surface area contributed by atoms with Crippen molar-refractivity contribution >= 4 is 17.7 Å². The third-order valence-electron chi connectivity index (χ3n) is 3.06. The molecule has 2 rings (SSSR count). The van der Waals surface area contributed by atoms with Crippen molar-refractivity contribution in [2.24, 2.45) is 5.92 Å². The first kappa shape index (κ1) is 13.5. The highest BCUT2D eigenvalue weighted by atomic mass is 32.2. The molecular formula is C15H21NOS. The molecule has 18 heavy (non-hydrogen) atoms. The Morgan fingerprint density at radius 2 is 2.28 bits per heavy atom. The molecule has 3 heteroatoms. The Labute approximate surface area is 114 Å². The van der Waals surface area contributed by atoms with Crippen LogP contribution in [0.3, 0.4) is 0 Å². The number of rotatable bonds is 4. The molecule has 0 saturated heterocycles. The molecule has 0 bridgehead atoms. The Kier molecular flexibility index (Phi) is 4.70. The average Bonchev–Trinajstić information content (AvgIpc) is 2.35. The van der Waals surface area contributed by atoms with Crippen molar-refractivity contribution < 1.29 is 4.79 Å². The number of carbonyl (C=O) groups excluding carboxylic acids is 1. The molecule has 1 amide bonds. The second kappa shape index (κ2) is 6.28. The molecule has 0 atom stereocenters. The fourth-order valence-corrected chi connectivity index (χ4v) is 3.19. The second-order valence-corrected chi connectivity index (χ2v) is 6.41. The Balaban J connectivity index is 1.92. The van der Waals surface area contributed by atoms with Crippen LogP contribution in [0.1, 0.15) is 37.8 Å². The lowest BCUT2D eigenvalue weighted by Crippen LogP contribution is -2.24. The van der Waals surface area contributed by atoms with Gasteiger partial charge in [0.05, 0.1) is 0 Å². The highest BCUT2D eigenvalue weighted by Gasteiger charge is 2.10.